The second-order valence-electron chi connectivity index (χ2n) is 6.49. The fraction of sp³-hybridized carbons (Fsp3) is 0.286. The van der Waals surface area contributed by atoms with Gasteiger partial charge < -0.3 is 4.74 Å². The van der Waals surface area contributed by atoms with Crippen LogP contribution in [0.2, 0.25) is 0 Å². The number of methoxy groups -OCH3 is 1. The van der Waals surface area contributed by atoms with E-state index >= 15 is 0 Å². The van der Waals surface area contributed by atoms with Crippen LogP contribution in [0.25, 0.3) is 0 Å². The van der Waals surface area contributed by atoms with E-state index in [1.165, 1.54) is 7.11 Å². The molecule has 1 aliphatic carbocycles. The van der Waals surface area contributed by atoms with Gasteiger partial charge in [0.05, 0.1) is 13.2 Å². The van der Waals surface area contributed by atoms with Crippen molar-refractivity contribution in [2.45, 2.75) is 24.7 Å². The van der Waals surface area contributed by atoms with Gasteiger partial charge in [0.1, 0.15) is 5.78 Å². The number of carbonyl (C=O) groups excluding carboxylic acids is 2. The third-order valence-corrected chi connectivity index (χ3v) is 5.62. The van der Waals surface area contributed by atoms with E-state index in [0.717, 1.165) is 15.6 Å². The minimum absolute atomic E-state index is 0.0404. The molecule has 0 radical (unpaired) electrons. The van der Waals surface area contributed by atoms with Gasteiger partial charge in [0, 0.05) is 29.2 Å². The Hall–Kier alpha value is -2.45. The number of nitriles is 1. The highest BCUT2D eigenvalue weighted by atomic mass is 79.9. The SMILES string of the molecule is COC(=O)[C@]1(C#N)[C@@H](c2cccc(Br)c2)CC(=O)C[C@H]1c1ccccc1. The lowest BCUT2D eigenvalue weighted by molar-refractivity contribution is -0.154. The molecule has 1 aliphatic rings. The van der Waals surface area contributed by atoms with Crippen molar-refractivity contribution in [3.63, 3.8) is 0 Å². The number of ether oxygens (including phenoxy) is 1. The van der Waals surface area contributed by atoms with E-state index in [4.69, 9.17) is 4.74 Å². The Balaban J connectivity index is 2.23. The molecule has 0 aliphatic heterocycles. The zero-order valence-corrected chi connectivity index (χ0v) is 15.9. The smallest absolute Gasteiger partial charge is 0.327 e. The van der Waals surface area contributed by atoms with Gasteiger partial charge in [0.15, 0.2) is 5.41 Å². The maximum atomic E-state index is 12.9. The molecule has 0 spiro atoms. The van der Waals surface area contributed by atoms with Gasteiger partial charge in [0.25, 0.3) is 0 Å². The van der Waals surface area contributed by atoms with Gasteiger partial charge in [-0.15, -0.1) is 0 Å². The van der Waals surface area contributed by atoms with Crippen molar-refractivity contribution in [2.75, 3.05) is 7.11 Å². The second-order valence-corrected chi connectivity index (χ2v) is 7.41. The molecule has 0 heterocycles. The second kappa shape index (κ2) is 7.43. The van der Waals surface area contributed by atoms with Gasteiger partial charge in [-0.3, -0.25) is 9.59 Å². The van der Waals surface area contributed by atoms with Crippen LogP contribution in [0, 0.1) is 16.7 Å². The normalized spacial score (nSPS) is 25.3. The van der Waals surface area contributed by atoms with Crippen LogP contribution < -0.4 is 0 Å². The maximum absolute atomic E-state index is 12.9. The van der Waals surface area contributed by atoms with Crippen LogP contribution in [-0.4, -0.2) is 18.9 Å². The molecule has 26 heavy (non-hydrogen) atoms. The average Bonchev–Trinajstić information content (AvgIpc) is 2.67. The van der Waals surface area contributed by atoms with Crippen molar-refractivity contribution in [3.05, 3.63) is 70.2 Å². The van der Waals surface area contributed by atoms with Crippen LogP contribution in [0.15, 0.2) is 59.1 Å². The first-order valence-corrected chi connectivity index (χ1v) is 9.14. The van der Waals surface area contributed by atoms with Crippen molar-refractivity contribution in [1.29, 1.82) is 5.26 Å². The summed E-state index contributed by atoms with van der Waals surface area (Å²) in [6.07, 6.45) is 0.291. The van der Waals surface area contributed by atoms with Crippen molar-refractivity contribution >= 4 is 27.7 Å². The van der Waals surface area contributed by atoms with E-state index in [1.54, 1.807) is 0 Å². The topological polar surface area (TPSA) is 67.2 Å². The third-order valence-electron chi connectivity index (χ3n) is 5.12. The van der Waals surface area contributed by atoms with Crippen molar-refractivity contribution < 1.29 is 14.3 Å². The van der Waals surface area contributed by atoms with Gasteiger partial charge in [-0.05, 0) is 23.3 Å². The molecular formula is C21H18BrNO3. The number of nitrogens with zero attached hydrogens (tertiary/aromatic N) is 1. The molecule has 3 atom stereocenters. The van der Waals surface area contributed by atoms with Crippen molar-refractivity contribution in [1.82, 2.24) is 0 Å². The summed E-state index contributed by atoms with van der Waals surface area (Å²) in [4.78, 5) is 25.5. The molecule has 5 heteroatoms. The summed E-state index contributed by atoms with van der Waals surface area (Å²) in [6.45, 7) is 0. The van der Waals surface area contributed by atoms with Crippen molar-refractivity contribution in [3.8, 4) is 6.07 Å². The fourth-order valence-electron chi connectivity index (χ4n) is 3.93. The van der Waals surface area contributed by atoms with Gasteiger partial charge >= 0.3 is 5.97 Å². The lowest BCUT2D eigenvalue weighted by Gasteiger charge is -2.42. The number of ketones is 1. The fourth-order valence-corrected chi connectivity index (χ4v) is 4.35. The lowest BCUT2D eigenvalue weighted by atomic mass is 9.56. The summed E-state index contributed by atoms with van der Waals surface area (Å²) in [5.41, 5.74) is 0.123. The minimum atomic E-state index is -1.45. The van der Waals surface area contributed by atoms with E-state index in [2.05, 4.69) is 22.0 Å². The molecule has 0 amide bonds. The first kappa shape index (κ1) is 18.3. The minimum Gasteiger partial charge on any atom is -0.468 e. The molecule has 132 valence electrons. The summed E-state index contributed by atoms with van der Waals surface area (Å²) < 4.78 is 5.90. The van der Waals surface area contributed by atoms with Gasteiger partial charge in [-0.25, -0.2) is 0 Å². The quantitative estimate of drug-likeness (QED) is 0.703. The number of Topliss-reactive ketones (excluding diaryl/α,β-unsaturated/α-hetero) is 1. The predicted octanol–water partition coefficient (Wildman–Crippen LogP) is 4.36. The Morgan fingerprint density at radius 1 is 1.12 bits per heavy atom. The molecule has 0 N–H and O–H groups in total. The first-order valence-electron chi connectivity index (χ1n) is 8.34. The monoisotopic (exact) mass is 411 g/mol. The summed E-state index contributed by atoms with van der Waals surface area (Å²) in [7, 11) is 1.29. The molecule has 3 rings (SSSR count). The van der Waals surface area contributed by atoms with Gasteiger partial charge in [-0.2, -0.15) is 5.26 Å². The molecule has 2 aromatic rings. The molecule has 2 aromatic carbocycles. The van der Waals surface area contributed by atoms with Gasteiger partial charge in [0.2, 0.25) is 0 Å². The highest BCUT2D eigenvalue weighted by Crippen LogP contribution is 2.54. The number of hydrogen-bond donors (Lipinski definition) is 0. The maximum Gasteiger partial charge on any atom is 0.327 e. The van der Waals surface area contributed by atoms with Gasteiger partial charge in [-0.1, -0.05) is 58.4 Å². The Morgan fingerprint density at radius 2 is 1.73 bits per heavy atom. The molecule has 0 aromatic heterocycles. The van der Waals surface area contributed by atoms with Crippen LogP contribution in [0.3, 0.4) is 0 Å². The molecule has 0 unspecified atom stereocenters. The van der Waals surface area contributed by atoms with Crippen molar-refractivity contribution in [2.24, 2.45) is 5.41 Å². The van der Waals surface area contributed by atoms with E-state index in [1.807, 2.05) is 54.6 Å². The number of rotatable bonds is 3. The molecule has 0 bridgehead atoms. The Kier molecular flexibility index (Phi) is 5.24. The van der Waals surface area contributed by atoms with E-state index in [-0.39, 0.29) is 18.6 Å². The molecule has 1 fully saturated rings. The summed E-state index contributed by atoms with van der Waals surface area (Å²) in [6, 6.07) is 19.0. The largest absolute Gasteiger partial charge is 0.468 e. The highest BCUT2D eigenvalue weighted by molar-refractivity contribution is 9.10. The van der Waals surface area contributed by atoms with E-state index in [0.29, 0.717) is 0 Å². The van der Waals surface area contributed by atoms with Crippen LogP contribution in [0.4, 0.5) is 0 Å². The summed E-state index contributed by atoms with van der Waals surface area (Å²) in [5.74, 6) is -1.67. The highest BCUT2D eigenvalue weighted by Gasteiger charge is 2.58. The first-order chi connectivity index (χ1) is 12.5. The number of halogens is 1. The molecule has 0 saturated heterocycles. The summed E-state index contributed by atoms with van der Waals surface area (Å²) in [5, 5.41) is 10.2. The van der Waals surface area contributed by atoms with E-state index < -0.39 is 23.2 Å². The lowest BCUT2D eigenvalue weighted by Crippen LogP contribution is -2.47. The predicted molar refractivity (Wildman–Crippen MR) is 100 cm³/mol. The van der Waals surface area contributed by atoms with E-state index in [9.17, 15) is 14.9 Å². The van der Waals surface area contributed by atoms with Crippen LogP contribution in [0.1, 0.15) is 35.8 Å². The Bertz CT molecular complexity index is 874. The number of carbonyl (C=O) groups is 2. The number of esters is 1. The zero-order chi connectivity index (χ0) is 18.7. The van der Waals surface area contributed by atoms with Crippen LogP contribution in [-0.2, 0) is 14.3 Å². The zero-order valence-electron chi connectivity index (χ0n) is 14.3. The Morgan fingerprint density at radius 3 is 2.31 bits per heavy atom. The van der Waals surface area contributed by atoms with Crippen LogP contribution in [0.5, 0.6) is 0 Å². The average molecular weight is 412 g/mol. The summed E-state index contributed by atoms with van der Waals surface area (Å²) >= 11 is 3.43. The number of benzene rings is 2. The molecular weight excluding hydrogens is 394 g/mol. The Labute approximate surface area is 160 Å². The van der Waals surface area contributed by atoms with Crippen LogP contribution >= 0.6 is 15.9 Å². The standard InChI is InChI=1S/C21H18BrNO3/c1-26-20(25)21(13-23)18(14-6-3-2-4-7-14)11-17(24)12-19(21)15-8-5-9-16(22)10-15/h2-10,18-19H,11-12H2,1H3/t18-,19+,21-/m0/s1. The molecule has 1 saturated carbocycles. The number of hydrogen-bond acceptors (Lipinski definition) is 4. The molecule has 4 nitrogen and oxygen atoms in total. The third kappa shape index (κ3) is 3.06.